The number of carbonyl (C=O) groups is 3. The molecule has 2 heterocycles. The van der Waals surface area contributed by atoms with Crippen LogP contribution in [0.2, 0.25) is 0 Å². The Hall–Kier alpha value is -3.97. The Labute approximate surface area is 229 Å². The molecular formula is C32H35N3O4. The molecule has 2 saturated heterocycles. The van der Waals surface area contributed by atoms with Gasteiger partial charge in [0.15, 0.2) is 0 Å². The number of aryl methyl sites for hydroxylation is 2. The summed E-state index contributed by atoms with van der Waals surface area (Å²) in [5, 5.41) is 3.09. The number of carbonyl (C=O) groups excluding carboxylic acids is 3. The molecule has 0 bridgehead atoms. The van der Waals surface area contributed by atoms with Crippen LogP contribution in [0.5, 0.6) is 0 Å². The first kappa shape index (κ1) is 26.6. The molecule has 3 amide bonds. The molecule has 7 nitrogen and oxygen atoms in total. The van der Waals surface area contributed by atoms with Gasteiger partial charge in [-0.25, -0.2) is 0 Å². The second-order valence-corrected chi connectivity index (χ2v) is 10.6. The van der Waals surface area contributed by atoms with Gasteiger partial charge in [-0.15, -0.1) is 0 Å². The first-order valence-electron chi connectivity index (χ1n) is 13.5. The van der Waals surface area contributed by atoms with E-state index in [9.17, 15) is 14.4 Å². The van der Waals surface area contributed by atoms with Crippen LogP contribution in [-0.4, -0.2) is 59.0 Å². The number of hydrogen-bond acceptors (Lipinski definition) is 4. The van der Waals surface area contributed by atoms with E-state index in [1.807, 2.05) is 93.6 Å². The van der Waals surface area contributed by atoms with Crippen molar-refractivity contribution in [3.05, 3.63) is 107 Å². The Balaban J connectivity index is 1.39. The smallest absolute Gasteiger partial charge is 0.257 e. The molecule has 2 atom stereocenters. The summed E-state index contributed by atoms with van der Waals surface area (Å²) in [6.45, 7) is 6.78. The zero-order valence-electron chi connectivity index (χ0n) is 22.7. The lowest BCUT2D eigenvalue weighted by Gasteiger charge is -2.44. The maximum absolute atomic E-state index is 14.1. The quantitative estimate of drug-likeness (QED) is 0.526. The van der Waals surface area contributed by atoms with E-state index < -0.39 is 11.8 Å². The normalized spacial score (nSPS) is 19.1. The SMILES string of the molecule is Cc1ccc(C(=O)N2CCC3(CC2)OC[C@H](C(=O)N[C@H](C)c2ccccc2)N3C(=O)c2ccccc2C)cc1. The van der Waals surface area contributed by atoms with Crippen LogP contribution in [0.3, 0.4) is 0 Å². The van der Waals surface area contributed by atoms with Crippen molar-refractivity contribution in [1.29, 1.82) is 0 Å². The molecule has 0 aliphatic carbocycles. The Morgan fingerprint density at radius 3 is 2.18 bits per heavy atom. The number of hydrogen-bond donors (Lipinski definition) is 1. The van der Waals surface area contributed by atoms with Gasteiger partial charge in [0.1, 0.15) is 11.8 Å². The predicted octanol–water partition coefficient (Wildman–Crippen LogP) is 4.65. The van der Waals surface area contributed by atoms with Crippen molar-refractivity contribution in [1.82, 2.24) is 15.1 Å². The summed E-state index contributed by atoms with van der Waals surface area (Å²) in [7, 11) is 0. The van der Waals surface area contributed by atoms with Crippen molar-refractivity contribution >= 4 is 17.7 Å². The van der Waals surface area contributed by atoms with Crippen molar-refractivity contribution in [3.63, 3.8) is 0 Å². The third kappa shape index (κ3) is 5.32. The molecule has 3 aromatic carbocycles. The summed E-state index contributed by atoms with van der Waals surface area (Å²) in [6, 6.07) is 23.7. The molecule has 5 rings (SSSR count). The maximum Gasteiger partial charge on any atom is 0.257 e. The average Bonchev–Trinajstić information content (AvgIpc) is 3.32. The van der Waals surface area contributed by atoms with Crippen LogP contribution in [0, 0.1) is 13.8 Å². The van der Waals surface area contributed by atoms with Gasteiger partial charge in [0.05, 0.1) is 12.6 Å². The van der Waals surface area contributed by atoms with Crippen molar-refractivity contribution in [2.75, 3.05) is 19.7 Å². The zero-order chi connectivity index (χ0) is 27.6. The number of nitrogens with one attached hydrogen (secondary N) is 1. The zero-order valence-corrected chi connectivity index (χ0v) is 22.7. The van der Waals surface area contributed by atoms with Crippen LogP contribution in [-0.2, 0) is 9.53 Å². The number of amides is 3. The second-order valence-electron chi connectivity index (χ2n) is 10.6. The molecule has 2 aliphatic rings. The van der Waals surface area contributed by atoms with Crippen LogP contribution in [0.1, 0.15) is 63.2 Å². The summed E-state index contributed by atoms with van der Waals surface area (Å²) < 4.78 is 6.35. The molecule has 3 aromatic rings. The van der Waals surface area contributed by atoms with Gasteiger partial charge in [-0.05, 0) is 50.1 Å². The lowest BCUT2D eigenvalue weighted by atomic mass is 9.95. The average molecular weight is 526 g/mol. The van der Waals surface area contributed by atoms with Gasteiger partial charge in [-0.2, -0.15) is 0 Å². The Bertz CT molecular complexity index is 1350. The van der Waals surface area contributed by atoms with E-state index >= 15 is 0 Å². The largest absolute Gasteiger partial charge is 0.353 e. The van der Waals surface area contributed by atoms with E-state index in [1.54, 1.807) is 15.9 Å². The second kappa shape index (κ2) is 11.0. The van der Waals surface area contributed by atoms with E-state index in [2.05, 4.69) is 5.32 Å². The third-order valence-electron chi connectivity index (χ3n) is 7.95. The predicted molar refractivity (Wildman–Crippen MR) is 149 cm³/mol. The molecule has 0 saturated carbocycles. The molecule has 202 valence electrons. The number of benzene rings is 3. The molecule has 2 fully saturated rings. The van der Waals surface area contributed by atoms with E-state index in [1.165, 1.54) is 0 Å². The number of likely N-dealkylation sites (tertiary alicyclic amines) is 1. The molecule has 0 radical (unpaired) electrons. The molecule has 7 heteroatoms. The lowest BCUT2D eigenvalue weighted by molar-refractivity contribution is -0.128. The Kier molecular flexibility index (Phi) is 7.53. The first-order valence-corrected chi connectivity index (χ1v) is 13.5. The highest BCUT2D eigenvalue weighted by molar-refractivity contribution is 5.99. The number of piperidine rings is 1. The summed E-state index contributed by atoms with van der Waals surface area (Å²) in [5.74, 6) is -0.509. The fraction of sp³-hybridized carbons (Fsp3) is 0.344. The van der Waals surface area contributed by atoms with Crippen molar-refractivity contribution in [3.8, 4) is 0 Å². The minimum Gasteiger partial charge on any atom is -0.353 e. The minimum atomic E-state index is -0.957. The van der Waals surface area contributed by atoms with Gasteiger partial charge >= 0.3 is 0 Å². The highest BCUT2D eigenvalue weighted by Crippen LogP contribution is 2.39. The molecule has 1 N–H and O–H groups in total. The van der Waals surface area contributed by atoms with Crippen LogP contribution in [0.25, 0.3) is 0 Å². The van der Waals surface area contributed by atoms with Crippen LogP contribution in [0.4, 0.5) is 0 Å². The van der Waals surface area contributed by atoms with Crippen molar-refractivity contribution in [2.24, 2.45) is 0 Å². The minimum absolute atomic E-state index is 0.0365. The van der Waals surface area contributed by atoms with E-state index in [0.717, 1.165) is 16.7 Å². The lowest BCUT2D eigenvalue weighted by Crippen LogP contribution is -2.60. The fourth-order valence-corrected chi connectivity index (χ4v) is 5.58. The summed E-state index contributed by atoms with van der Waals surface area (Å²) in [6.07, 6.45) is 0.862. The number of nitrogens with zero attached hydrogens (tertiary/aromatic N) is 2. The fourth-order valence-electron chi connectivity index (χ4n) is 5.58. The molecule has 2 aliphatic heterocycles. The number of rotatable bonds is 5. The van der Waals surface area contributed by atoms with Gasteiger partial charge < -0.3 is 15.0 Å². The summed E-state index contributed by atoms with van der Waals surface area (Å²) in [5.41, 5.74) is 3.16. The van der Waals surface area contributed by atoms with Crippen LogP contribution < -0.4 is 5.32 Å². The molecule has 39 heavy (non-hydrogen) atoms. The van der Waals surface area contributed by atoms with E-state index in [-0.39, 0.29) is 30.4 Å². The topological polar surface area (TPSA) is 79.0 Å². The van der Waals surface area contributed by atoms with Gasteiger partial charge in [0, 0.05) is 37.1 Å². The van der Waals surface area contributed by atoms with E-state index in [0.29, 0.717) is 37.1 Å². The molecule has 1 spiro atoms. The van der Waals surface area contributed by atoms with Crippen molar-refractivity contribution < 1.29 is 19.1 Å². The third-order valence-corrected chi connectivity index (χ3v) is 7.95. The van der Waals surface area contributed by atoms with Crippen molar-refractivity contribution in [2.45, 2.75) is 51.4 Å². The summed E-state index contributed by atoms with van der Waals surface area (Å²) in [4.78, 5) is 44.3. The van der Waals surface area contributed by atoms with Crippen LogP contribution >= 0.6 is 0 Å². The highest BCUT2D eigenvalue weighted by Gasteiger charge is 2.54. The van der Waals surface area contributed by atoms with Gasteiger partial charge in [0.2, 0.25) is 5.91 Å². The van der Waals surface area contributed by atoms with E-state index in [4.69, 9.17) is 4.74 Å². The monoisotopic (exact) mass is 525 g/mol. The maximum atomic E-state index is 14.1. The number of ether oxygens (including phenoxy) is 1. The van der Waals surface area contributed by atoms with Crippen LogP contribution in [0.15, 0.2) is 78.9 Å². The van der Waals surface area contributed by atoms with Gasteiger partial charge in [-0.1, -0.05) is 66.2 Å². The highest BCUT2D eigenvalue weighted by atomic mass is 16.5. The standard InChI is InChI=1S/C32H35N3O4/c1-22-13-15-26(16-14-22)30(37)34-19-17-32(18-20-34)35(31(38)27-12-8-7-9-23(27)2)28(21-39-32)29(36)33-24(3)25-10-5-4-6-11-25/h4-16,24,28H,17-21H2,1-3H3,(H,33,36)/t24-,28-/m1/s1. The molecule has 0 aromatic heterocycles. The Morgan fingerprint density at radius 1 is 0.872 bits per heavy atom. The first-order chi connectivity index (χ1) is 18.8. The van der Waals surface area contributed by atoms with Gasteiger partial charge in [0.25, 0.3) is 11.8 Å². The molecular weight excluding hydrogens is 490 g/mol. The van der Waals surface area contributed by atoms with Gasteiger partial charge in [-0.3, -0.25) is 19.3 Å². The Morgan fingerprint density at radius 2 is 1.51 bits per heavy atom. The molecule has 0 unspecified atom stereocenters. The summed E-state index contributed by atoms with van der Waals surface area (Å²) >= 11 is 0.